The number of fused-ring (bicyclic) bond motifs is 1. The molecule has 47 heavy (non-hydrogen) atoms. The molecule has 1 fully saturated rings. The van der Waals surface area contributed by atoms with Gasteiger partial charge < -0.3 is 24.2 Å². The third kappa shape index (κ3) is 6.76. The Morgan fingerprint density at radius 3 is 2.15 bits per heavy atom. The SMILES string of the molecule is O=C(CN(Cc1ccc2c(c1)OCO2)C(=O)c1ccc(F)cc1)N1CCN(c2ccc(-c3ccc(-c4ccccc4)cc3)nn2)CC1. The summed E-state index contributed by atoms with van der Waals surface area (Å²) in [5.74, 6) is 1.01. The first-order chi connectivity index (χ1) is 23.0. The molecule has 5 aromatic rings. The zero-order valence-corrected chi connectivity index (χ0v) is 25.6. The van der Waals surface area contributed by atoms with Crippen molar-refractivity contribution in [3.63, 3.8) is 0 Å². The van der Waals surface area contributed by atoms with Gasteiger partial charge in [-0.15, -0.1) is 10.2 Å². The second kappa shape index (κ2) is 13.3. The maximum atomic E-state index is 13.6. The van der Waals surface area contributed by atoms with E-state index >= 15 is 0 Å². The molecule has 0 aliphatic carbocycles. The second-order valence-electron chi connectivity index (χ2n) is 11.4. The van der Waals surface area contributed by atoms with E-state index in [2.05, 4.69) is 39.4 Å². The van der Waals surface area contributed by atoms with Crippen LogP contribution in [0.4, 0.5) is 10.2 Å². The Morgan fingerprint density at radius 2 is 1.43 bits per heavy atom. The Hall–Kier alpha value is -5.77. The number of rotatable bonds is 8. The summed E-state index contributed by atoms with van der Waals surface area (Å²) in [6, 6.07) is 33.2. The Kier molecular flexibility index (Phi) is 8.46. The molecule has 9 nitrogen and oxygen atoms in total. The molecule has 2 aliphatic heterocycles. The van der Waals surface area contributed by atoms with Gasteiger partial charge in [0, 0.05) is 43.9 Å². The smallest absolute Gasteiger partial charge is 0.254 e. The molecule has 0 N–H and O–H groups in total. The monoisotopic (exact) mass is 629 g/mol. The van der Waals surface area contributed by atoms with E-state index in [0.717, 1.165) is 33.8 Å². The van der Waals surface area contributed by atoms with E-state index in [1.807, 2.05) is 54.6 Å². The van der Waals surface area contributed by atoms with Gasteiger partial charge in [0.15, 0.2) is 17.3 Å². The van der Waals surface area contributed by atoms with Crippen molar-refractivity contribution < 1.29 is 23.5 Å². The fourth-order valence-corrected chi connectivity index (χ4v) is 5.79. The average Bonchev–Trinajstić information content (AvgIpc) is 3.60. The van der Waals surface area contributed by atoms with Crippen molar-refractivity contribution in [2.45, 2.75) is 6.54 Å². The van der Waals surface area contributed by atoms with Crippen molar-refractivity contribution in [1.82, 2.24) is 20.0 Å². The standard InChI is InChI=1S/C37H32FN5O4/c38-31-13-11-30(12-14-31)37(45)43(23-26-6-16-33-34(22-26)47-25-46-33)24-36(44)42-20-18-41(19-21-42)35-17-15-32(39-40-35)29-9-7-28(8-10-29)27-4-2-1-3-5-27/h1-17,22H,18-21,23-25H2. The first-order valence-corrected chi connectivity index (χ1v) is 15.5. The summed E-state index contributed by atoms with van der Waals surface area (Å²) in [5, 5.41) is 8.96. The summed E-state index contributed by atoms with van der Waals surface area (Å²) in [6.45, 7) is 2.31. The summed E-state index contributed by atoms with van der Waals surface area (Å²) in [6.07, 6.45) is 0. The minimum Gasteiger partial charge on any atom is -0.454 e. The van der Waals surface area contributed by atoms with E-state index in [0.29, 0.717) is 43.2 Å². The number of amides is 2. The number of aromatic nitrogens is 2. The van der Waals surface area contributed by atoms with E-state index in [1.54, 1.807) is 11.0 Å². The number of benzene rings is 4. The molecule has 0 atom stereocenters. The summed E-state index contributed by atoms with van der Waals surface area (Å²) in [5.41, 5.74) is 5.17. The molecule has 0 unspecified atom stereocenters. The number of nitrogens with zero attached hydrogens (tertiary/aromatic N) is 5. The van der Waals surface area contributed by atoms with Crippen molar-refractivity contribution in [2.24, 2.45) is 0 Å². The van der Waals surface area contributed by atoms with E-state index in [1.165, 1.54) is 29.2 Å². The van der Waals surface area contributed by atoms with Crippen LogP contribution in [0.3, 0.4) is 0 Å². The summed E-state index contributed by atoms with van der Waals surface area (Å²) in [7, 11) is 0. The molecule has 7 rings (SSSR count). The summed E-state index contributed by atoms with van der Waals surface area (Å²) in [4.78, 5) is 32.4. The van der Waals surface area contributed by atoms with Gasteiger partial charge >= 0.3 is 0 Å². The van der Waals surface area contributed by atoms with Crippen LogP contribution in [-0.2, 0) is 11.3 Å². The van der Waals surface area contributed by atoms with Gasteiger partial charge in [-0.25, -0.2) is 4.39 Å². The molecule has 1 saturated heterocycles. The van der Waals surface area contributed by atoms with Crippen molar-refractivity contribution >= 4 is 17.6 Å². The minimum atomic E-state index is -0.436. The summed E-state index contributed by atoms with van der Waals surface area (Å²) < 4.78 is 24.5. The number of halogens is 1. The van der Waals surface area contributed by atoms with Crippen molar-refractivity contribution in [3.05, 3.63) is 126 Å². The molecule has 10 heteroatoms. The normalized spacial score (nSPS) is 13.8. The molecule has 0 radical (unpaired) electrons. The zero-order valence-electron chi connectivity index (χ0n) is 25.6. The number of hydrogen-bond donors (Lipinski definition) is 0. The third-order valence-electron chi connectivity index (χ3n) is 8.41. The van der Waals surface area contributed by atoms with Crippen molar-refractivity contribution in [2.75, 3.05) is 44.4 Å². The van der Waals surface area contributed by atoms with Gasteiger partial charge in [0.25, 0.3) is 5.91 Å². The number of carbonyl (C=O) groups is 2. The molecular weight excluding hydrogens is 597 g/mol. The fraction of sp³-hybridized carbons (Fsp3) is 0.189. The molecule has 236 valence electrons. The van der Waals surface area contributed by atoms with Gasteiger partial charge in [0.2, 0.25) is 12.7 Å². The van der Waals surface area contributed by atoms with Crippen LogP contribution < -0.4 is 14.4 Å². The Bertz CT molecular complexity index is 1860. The van der Waals surface area contributed by atoms with Crippen LogP contribution in [0.15, 0.2) is 109 Å². The fourth-order valence-electron chi connectivity index (χ4n) is 5.79. The second-order valence-corrected chi connectivity index (χ2v) is 11.4. The van der Waals surface area contributed by atoms with Gasteiger partial charge in [-0.05, 0) is 65.2 Å². The van der Waals surface area contributed by atoms with Gasteiger partial charge in [-0.3, -0.25) is 9.59 Å². The maximum Gasteiger partial charge on any atom is 0.254 e. The van der Waals surface area contributed by atoms with Crippen LogP contribution in [0.1, 0.15) is 15.9 Å². The van der Waals surface area contributed by atoms with Crippen molar-refractivity contribution in [1.29, 1.82) is 0 Å². The molecule has 2 aliphatic rings. The predicted octanol–water partition coefficient (Wildman–Crippen LogP) is 5.67. The highest BCUT2D eigenvalue weighted by Gasteiger charge is 2.27. The van der Waals surface area contributed by atoms with Crippen LogP contribution in [-0.4, -0.2) is 71.3 Å². The Balaban J connectivity index is 0.983. The van der Waals surface area contributed by atoms with E-state index in [4.69, 9.17) is 9.47 Å². The number of carbonyl (C=O) groups excluding carboxylic acids is 2. The quantitative estimate of drug-likeness (QED) is 0.219. The third-order valence-corrected chi connectivity index (χ3v) is 8.41. The first kappa shape index (κ1) is 29.9. The molecule has 1 aromatic heterocycles. The number of ether oxygens (including phenoxy) is 2. The van der Waals surface area contributed by atoms with Gasteiger partial charge in [0.1, 0.15) is 12.4 Å². The minimum absolute atomic E-state index is 0.123. The van der Waals surface area contributed by atoms with Crippen LogP contribution >= 0.6 is 0 Å². The summed E-state index contributed by atoms with van der Waals surface area (Å²) >= 11 is 0. The molecule has 4 aromatic carbocycles. The Morgan fingerprint density at radius 1 is 0.723 bits per heavy atom. The zero-order chi connectivity index (χ0) is 32.2. The molecule has 3 heterocycles. The van der Waals surface area contributed by atoms with E-state index < -0.39 is 5.82 Å². The van der Waals surface area contributed by atoms with E-state index in [9.17, 15) is 14.0 Å². The largest absolute Gasteiger partial charge is 0.454 e. The number of anilines is 1. The van der Waals surface area contributed by atoms with Crippen LogP contribution in [0.25, 0.3) is 22.4 Å². The number of piperazine rings is 1. The Labute approximate surface area is 271 Å². The lowest BCUT2D eigenvalue weighted by molar-refractivity contribution is -0.132. The highest BCUT2D eigenvalue weighted by atomic mass is 19.1. The molecule has 2 amide bonds. The predicted molar refractivity (Wildman–Crippen MR) is 175 cm³/mol. The molecular formula is C37H32FN5O4. The van der Waals surface area contributed by atoms with Crippen LogP contribution in [0, 0.1) is 5.82 Å². The van der Waals surface area contributed by atoms with Gasteiger partial charge in [-0.1, -0.05) is 60.7 Å². The topological polar surface area (TPSA) is 88.1 Å². The highest BCUT2D eigenvalue weighted by molar-refractivity contribution is 5.96. The lowest BCUT2D eigenvalue weighted by atomic mass is 10.0. The van der Waals surface area contributed by atoms with Crippen molar-refractivity contribution in [3.8, 4) is 33.9 Å². The number of hydrogen-bond acceptors (Lipinski definition) is 7. The van der Waals surface area contributed by atoms with Gasteiger partial charge in [-0.2, -0.15) is 0 Å². The van der Waals surface area contributed by atoms with Gasteiger partial charge in [0.05, 0.1) is 5.69 Å². The molecule has 0 bridgehead atoms. The first-order valence-electron chi connectivity index (χ1n) is 15.5. The average molecular weight is 630 g/mol. The van der Waals surface area contributed by atoms with Crippen LogP contribution in [0.2, 0.25) is 0 Å². The van der Waals surface area contributed by atoms with E-state index in [-0.39, 0.29) is 31.7 Å². The lowest BCUT2D eigenvalue weighted by Gasteiger charge is -2.36. The molecule has 0 spiro atoms. The highest BCUT2D eigenvalue weighted by Crippen LogP contribution is 2.33. The maximum absolute atomic E-state index is 13.6. The van der Waals surface area contributed by atoms with Crippen LogP contribution in [0.5, 0.6) is 11.5 Å². The molecule has 0 saturated carbocycles. The lowest BCUT2D eigenvalue weighted by Crippen LogP contribution is -2.52.